The zero-order valence-corrected chi connectivity index (χ0v) is 40.7. The molecule has 0 aliphatic heterocycles. The Morgan fingerprint density at radius 2 is 0.697 bits per heavy atom. The molecule has 16 rings (SSSR count). The van der Waals surface area contributed by atoms with Crippen molar-refractivity contribution in [2.24, 2.45) is 0 Å². The lowest BCUT2D eigenvalue weighted by Crippen LogP contribution is -2.01. The summed E-state index contributed by atoms with van der Waals surface area (Å²) in [5.41, 5.74) is 16.5. The molecule has 0 unspecified atom stereocenters. The van der Waals surface area contributed by atoms with Crippen molar-refractivity contribution >= 4 is 87.5 Å². The van der Waals surface area contributed by atoms with Crippen LogP contribution in [-0.4, -0.2) is 24.1 Å². The second-order valence-electron chi connectivity index (χ2n) is 19.4. The third kappa shape index (κ3) is 6.33. The van der Waals surface area contributed by atoms with Crippen molar-refractivity contribution in [1.29, 1.82) is 0 Å². The molecule has 0 aliphatic rings. The smallest absolute Gasteiger partial charge is 0.164 e. The predicted octanol–water partition coefficient (Wildman–Crippen LogP) is 18.2. The maximum absolute atomic E-state index is 6.91. The summed E-state index contributed by atoms with van der Waals surface area (Å²) in [5, 5.41) is 8.81. The van der Waals surface area contributed by atoms with Crippen LogP contribution in [0, 0.1) is 0 Å². The van der Waals surface area contributed by atoms with Crippen LogP contribution in [0.15, 0.2) is 258 Å². The number of fused-ring (bicyclic) bond motifs is 14. The molecule has 0 radical (unpaired) electrons. The van der Waals surface area contributed by atoms with E-state index in [1.165, 1.54) is 10.8 Å². The topological polar surface area (TPSA) is 74.8 Å². The summed E-state index contributed by atoms with van der Waals surface area (Å²) in [6.45, 7) is 0. The lowest BCUT2D eigenvalue weighted by Gasteiger charge is -2.15. The van der Waals surface area contributed by atoms with Crippen LogP contribution in [0.25, 0.3) is 155 Å². The minimum Gasteiger partial charge on any atom is -0.456 e. The summed E-state index contributed by atoms with van der Waals surface area (Å²) in [5.74, 6) is 1.72. The predicted molar refractivity (Wildman–Crippen MR) is 310 cm³/mol. The van der Waals surface area contributed by atoms with Crippen molar-refractivity contribution in [3.05, 3.63) is 249 Å². The molecule has 0 spiro atoms. The zero-order valence-electron chi connectivity index (χ0n) is 40.7. The highest BCUT2D eigenvalue weighted by Gasteiger charge is 2.26. The summed E-state index contributed by atoms with van der Waals surface area (Å²) in [6, 6.07) is 87.1. The number of para-hydroxylation sites is 4. The first kappa shape index (κ1) is 42.2. The fourth-order valence-electron chi connectivity index (χ4n) is 11.9. The quantitative estimate of drug-likeness (QED) is 0.159. The highest BCUT2D eigenvalue weighted by molar-refractivity contribution is 6.29. The zero-order chi connectivity index (χ0) is 49.8. The number of hydrogen-bond acceptors (Lipinski definition) is 5. The standard InChI is InChI=1S/C69H41N5O2/c1-5-19-42(20-6-1)67-70-68(43-21-7-2-8-22-43)72-69(71-67)54-41-44(47-29-17-33-57-61(47)63-59(75-57)39-37-52-49-27-13-15-31-55(49)73(65(52)63)45-23-9-3-10-24-45)35-36-48(54)51-30-18-34-58-62(51)64-60(76-58)40-38-53-50-28-14-16-32-56(50)74(66(53)64)46-25-11-4-12-26-46/h1-41H. The third-order valence-corrected chi connectivity index (χ3v) is 15.2. The molecule has 7 nitrogen and oxygen atoms in total. The highest BCUT2D eigenvalue weighted by Crippen LogP contribution is 2.48. The summed E-state index contributed by atoms with van der Waals surface area (Å²) in [4.78, 5) is 16.0. The molecule has 0 fully saturated rings. The van der Waals surface area contributed by atoms with Crippen molar-refractivity contribution in [1.82, 2.24) is 24.1 Å². The van der Waals surface area contributed by atoms with E-state index in [-0.39, 0.29) is 0 Å². The van der Waals surface area contributed by atoms with Gasteiger partial charge in [0, 0.05) is 60.4 Å². The molecular weight excluding hydrogens is 931 g/mol. The fraction of sp³-hybridized carbons (Fsp3) is 0. The molecule has 0 bridgehead atoms. The summed E-state index contributed by atoms with van der Waals surface area (Å²) >= 11 is 0. The van der Waals surface area contributed by atoms with Crippen molar-refractivity contribution in [2.75, 3.05) is 0 Å². The van der Waals surface area contributed by atoms with Crippen LogP contribution in [-0.2, 0) is 0 Å². The van der Waals surface area contributed by atoms with Gasteiger partial charge in [-0.25, -0.2) is 15.0 Å². The van der Waals surface area contributed by atoms with Gasteiger partial charge in [-0.2, -0.15) is 0 Å². The second kappa shape index (κ2) is 16.6. The molecule has 0 saturated heterocycles. The van der Waals surface area contributed by atoms with Gasteiger partial charge in [0.25, 0.3) is 0 Å². The Labute approximate surface area is 434 Å². The van der Waals surface area contributed by atoms with E-state index in [2.05, 4.69) is 221 Å². The van der Waals surface area contributed by atoms with Crippen LogP contribution in [0.4, 0.5) is 0 Å². The first-order chi connectivity index (χ1) is 37.7. The number of rotatable bonds is 7. The van der Waals surface area contributed by atoms with Crippen molar-refractivity contribution in [3.8, 4) is 67.8 Å². The van der Waals surface area contributed by atoms with Crippen molar-refractivity contribution in [3.63, 3.8) is 0 Å². The average Bonchev–Trinajstić information content (AvgIpc) is 4.39. The molecule has 0 saturated carbocycles. The highest BCUT2D eigenvalue weighted by atomic mass is 16.3. The van der Waals surface area contributed by atoms with Gasteiger partial charge in [0.2, 0.25) is 0 Å². The van der Waals surface area contributed by atoms with E-state index in [4.69, 9.17) is 23.8 Å². The van der Waals surface area contributed by atoms with Gasteiger partial charge in [0.05, 0.1) is 32.8 Å². The van der Waals surface area contributed by atoms with Crippen LogP contribution in [0.5, 0.6) is 0 Å². The van der Waals surface area contributed by atoms with Gasteiger partial charge in [0.1, 0.15) is 22.3 Å². The molecule has 354 valence electrons. The van der Waals surface area contributed by atoms with Crippen LogP contribution in [0.1, 0.15) is 0 Å². The van der Waals surface area contributed by atoms with Crippen LogP contribution < -0.4 is 0 Å². The number of aromatic nitrogens is 5. The number of benzene rings is 11. The third-order valence-electron chi connectivity index (χ3n) is 15.2. The first-order valence-electron chi connectivity index (χ1n) is 25.6. The summed E-state index contributed by atoms with van der Waals surface area (Å²) in [6.07, 6.45) is 0. The van der Waals surface area contributed by atoms with E-state index in [9.17, 15) is 0 Å². The number of furan rings is 2. The van der Waals surface area contributed by atoms with Crippen molar-refractivity contribution in [2.45, 2.75) is 0 Å². The van der Waals surface area contributed by atoms with Gasteiger partial charge in [-0.1, -0.05) is 170 Å². The lowest BCUT2D eigenvalue weighted by molar-refractivity contribution is 0.669. The molecule has 0 aliphatic carbocycles. The molecule has 7 heteroatoms. The Balaban J connectivity index is 1.02. The molecule has 5 heterocycles. The molecule has 5 aromatic heterocycles. The molecular formula is C69H41N5O2. The lowest BCUT2D eigenvalue weighted by atomic mass is 9.90. The van der Waals surface area contributed by atoms with E-state index < -0.39 is 0 Å². The van der Waals surface area contributed by atoms with Gasteiger partial charge in [-0.15, -0.1) is 0 Å². The van der Waals surface area contributed by atoms with E-state index in [1.807, 2.05) is 36.4 Å². The molecule has 16 aromatic rings. The summed E-state index contributed by atoms with van der Waals surface area (Å²) < 4.78 is 18.6. The van der Waals surface area contributed by atoms with Crippen LogP contribution >= 0.6 is 0 Å². The Kier molecular flexibility index (Phi) is 9.20. The minimum absolute atomic E-state index is 0.550. The van der Waals surface area contributed by atoms with Crippen LogP contribution in [0.2, 0.25) is 0 Å². The molecule has 11 aromatic carbocycles. The second-order valence-corrected chi connectivity index (χ2v) is 19.4. The Hall–Kier alpha value is -10.4. The minimum atomic E-state index is 0.550. The van der Waals surface area contributed by atoms with Gasteiger partial charge >= 0.3 is 0 Å². The largest absolute Gasteiger partial charge is 0.456 e. The first-order valence-corrected chi connectivity index (χ1v) is 25.6. The van der Waals surface area contributed by atoms with E-state index in [0.29, 0.717) is 17.5 Å². The van der Waals surface area contributed by atoms with Gasteiger partial charge in [-0.05, 0) is 101 Å². The number of nitrogens with zero attached hydrogens (tertiary/aromatic N) is 5. The molecule has 0 amide bonds. The van der Waals surface area contributed by atoms with E-state index in [0.717, 1.165) is 127 Å². The van der Waals surface area contributed by atoms with Gasteiger partial charge < -0.3 is 18.0 Å². The Bertz CT molecular complexity index is 4920. The SMILES string of the molecule is c1ccc(-c2nc(-c3ccccc3)nc(-c3cc(-c4cccc5oc6ccc7c8ccccc8n(-c8ccccc8)c7c6c45)ccc3-c3cccc4oc5ccc6c7ccccc7n(-c7ccccc7)c6c5c34)n2)cc1. The normalized spacial score (nSPS) is 11.9. The van der Waals surface area contributed by atoms with Crippen LogP contribution in [0.3, 0.4) is 0 Å². The van der Waals surface area contributed by atoms with E-state index >= 15 is 0 Å². The monoisotopic (exact) mass is 971 g/mol. The molecule has 76 heavy (non-hydrogen) atoms. The summed E-state index contributed by atoms with van der Waals surface area (Å²) in [7, 11) is 0. The van der Waals surface area contributed by atoms with Gasteiger partial charge in [0.15, 0.2) is 17.5 Å². The van der Waals surface area contributed by atoms with Gasteiger partial charge in [-0.3, -0.25) is 0 Å². The maximum atomic E-state index is 6.91. The average molecular weight is 972 g/mol. The fourth-order valence-corrected chi connectivity index (χ4v) is 11.9. The van der Waals surface area contributed by atoms with E-state index in [1.54, 1.807) is 0 Å². The maximum Gasteiger partial charge on any atom is 0.164 e. The molecule has 0 N–H and O–H groups in total. The van der Waals surface area contributed by atoms with Crippen molar-refractivity contribution < 1.29 is 8.83 Å². The Morgan fingerprint density at radius 1 is 0.263 bits per heavy atom. The number of hydrogen-bond donors (Lipinski definition) is 0. The Morgan fingerprint density at radius 3 is 1.22 bits per heavy atom. The molecule has 0 atom stereocenters.